The quantitative estimate of drug-likeness (QED) is 0.809. The predicted octanol–water partition coefficient (Wildman–Crippen LogP) is 4.49. The first-order valence-electron chi connectivity index (χ1n) is 7.94. The molecule has 1 aromatic heterocycles. The lowest BCUT2D eigenvalue weighted by Crippen LogP contribution is -2.24. The van der Waals surface area contributed by atoms with Crippen molar-refractivity contribution in [2.45, 2.75) is 45.6 Å². The largest absolute Gasteiger partial charge is 0.310 e. The zero-order valence-corrected chi connectivity index (χ0v) is 13.3. The third kappa shape index (κ3) is 4.68. The second-order valence-electron chi connectivity index (χ2n) is 5.85. The van der Waals surface area contributed by atoms with Gasteiger partial charge in [0.1, 0.15) is 0 Å². The Hall–Kier alpha value is -1.67. The van der Waals surface area contributed by atoms with Gasteiger partial charge in [-0.25, -0.2) is 0 Å². The van der Waals surface area contributed by atoms with Crippen molar-refractivity contribution < 1.29 is 0 Å². The number of rotatable bonds is 7. The Kier molecular flexibility index (Phi) is 5.94. The van der Waals surface area contributed by atoms with E-state index in [0.717, 1.165) is 25.1 Å². The summed E-state index contributed by atoms with van der Waals surface area (Å²) < 4.78 is 0. The summed E-state index contributed by atoms with van der Waals surface area (Å²) in [7, 11) is 0. The molecule has 0 saturated heterocycles. The Balaban J connectivity index is 2.14. The molecular formula is C19H26N2. The topological polar surface area (TPSA) is 24.9 Å². The van der Waals surface area contributed by atoms with Crippen LogP contribution >= 0.6 is 0 Å². The van der Waals surface area contributed by atoms with E-state index in [-0.39, 0.29) is 0 Å². The van der Waals surface area contributed by atoms with Crippen molar-refractivity contribution in [2.75, 3.05) is 6.54 Å². The van der Waals surface area contributed by atoms with Gasteiger partial charge in [-0.2, -0.15) is 0 Å². The molecule has 1 unspecified atom stereocenters. The predicted molar refractivity (Wildman–Crippen MR) is 89.5 cm³/mol. The molecule has 1 atom stereocenters. The first kappa shape index (κ1) is 15.7. The van der Waals surface area contributed by atoms with E-state index in [4.69, 9.17) is 0 Å². The Labute approximate surface area is 128 Å². The van der Waals surface area contributed by atoms with Crippen LogP contribution in [0, 0.1) is 0 Å². The Bertz CT molecular complexity index is 517. The summed E-state index contributed by atoms with van der Waals surface area (Å²) in [5.74, 6) is 0.580. The van der Waals surface area contributed by atoms with Gasteiger partial charge < -0.3 is 5.32 Å². The van der Waals surface area contributed by atoms with E-state index in [1.165, 1.54) is 11.1 Å². The van der Waals surface area contributed by atoms with Gasteiger partial charge in [-0.05, 0) is 42.1 Å². The summed E-state index contributed by atoms with van der Waals surface area (Å²) in [6, 6.07) is 15.5. The summed E-state index contributed by atoms with van der Waals surface area (Å²) in [5, 5.41) is 3.64. The van der Waals surface area contributed by atoms with Crippen LogP contribution in [0.4, 0.5) is 0 Å². The molecule has 0 amide bonds. The second-order valence-corrected chi connectivity index (χ2v) is 5.85. The smallest absolute Gasteiger partial charge is 0.0422 e. The molecule has 0 saturated carbocycles. The highest BCUT2D eigenvalue weighted by Crippen LogP contribution is 2.21. The van der Waals surface area contributed by atoms with E-state index in [2.05, 4.69) is 67.5 Å². The molecule has 1 N–H and O–H groups in total. The summed E-state index contributed by atoms with van der Waals surface area (Å²) in [6.45, 7) is 7.70. The second kappa shape index (κ2) is 7.94. The molecule has 0 radical (unpaired) electrons. The van der Waals surface area contributed by atoms with Gasteiger partial charge in [-0.1, -0.05) is 51.1 Å². The highest BCUT2D eigenvalue weighted by Gasteiger charge is 2.12. The lowest BCUT2D eigenvalue weighted by molar-refractivity contribution is 0.524. The van der Waals surface area contributed by atoms with Crippen LogP contribution in [-0.2, 0) is 6.42 Å². The minimum absolute atomic E-state index is 0.334. The molecule has 2 nitrogen and oxygen atoms in total. The van der Waals surface area contributed by atoms with Crippen molar-refractivity contribution >= 4 is 0 Å². The van der Waals surface area contributed by atoms with Gasteiger partial charge in [-0.15, -0.1) is 0 Å². The number of aromatic nitrogens is 1. The van der Waals surface area contributed by atoms with Crippen molar-refractivity contribution in [3.8, 4) is 0 Å². The molecular weight excluding hydrogens is 256 g/mol. The van der Waals surface area contributed by atoms with E-state index in [9.17, 15) is 0 Å². The maximum atomic E-state index is 4.46. The van der Waals surface area contributed by atoms with Gasteiger partial charge >= 0.3 is 0 Å². The normalized spacial score (nSPS) is 12.6. The number of hydrogen-bond donors (Lipinski definition) is 1. The molecule has 2 rings (SSSR count). The molecule has 112 valence electrons. The Morgan fingerprint density at radius 3 is 2.29 bits per heavy atom. The monoisotopic (exact) mass is 282 g/mol. The SMILES string of the molecule is CCCNC(Cc1ccccn1)c1ccc(C(C)C)cc1. The van der Waals surface area contributed by atoms with Crippen LogP contribution < -0.4 is 5.32 Å². The number of benzene rings is 1. The molecule has 2 aromatic rings. The van der Waals surface area contributed by atoms with Gasteiger partial charge in [0, 0.05) is 24.4 Å². The fourth-order valence-electron chi connectivity index (χ4n) is 2.47. The van der Waals surface area contributed by atoms with Gasteiger partial charge in [-0.3, -0.25) is 4.98 Å². The van der Waals surface area contributed by atoms with Crippen LogP contribution in [0.1, 0.15) is 56.0 Å². The number of pyridine rings is 1. The molecule has 21 heavy (non-hydrogen) atoms. The first-order chi connectivity index (χ1) is 10.2. The fraction of sp³-hybridized carbons (Fsp3) is 0.421. The maximum Gasteiger partial charge on any atom is 0.0422 e. The number of nitrogens with one attached hydrogen (secondary N) is 1. The van der Waals surface area contributed by atoms with Crippen molar-refractivity contribution in [3.63, 3.8) is 0 Å². The van der Waals surface area contributed by atoms with E-state index < -0.39 is 0 Å². The average molecular weight is 282 g/mol. The minimum atomic E-state index is 0.334. The summed E-state index contributed by atoms with van der Waals surface area (Å²) in [6.07, 6.45) is 3.94. The molecule has 1 heterocycles. The molecule has 1 aromatic carbocycles. The van der Waals surface area contributed by atoms with Crippen molar-refractivity contribution in [1.82, 2.24) is 10.3 Å². The first-order valence-corrected chi connectivity index (χ1v) is 7.94. The highest BCUT2D eigenvalue weighted by atomic mass is 14.9. The van der Waals surface area contributed by atoms with Crippen LogP contribution in [-0.4, -0.2) is 11.5 Å². The van der Waals surface area contributed by atoms with Gasteiger partial charge in [0.05, 0.1) is 0 Å². The van der Waals surface area contributed by atoms with Crippen molar-refractivity contribution in [2.24, 2.45) is 0 Å². The van der Waals surface area contributed by atoms with Crippen molar-refractivity contribution in [1.29, 1.82) is 0 Å². The number of nitrogens with zero attached hydrogens (tertiary/aromatic N) is 1. The minimum Gasteiger partial charge on any atom is -0.310 e. The number of hydrogen-bond acceptors (Lipinski definition) is 2. The molecule has 0 aliphatic carbocycles. The van der Waals surface area contributed by atoms with Gasteiger partial charge in [0.15, 0.2) is 0 Å². The third-order valence-electron chi connectivity index (χ3n) is 3.79. The van der Waals surface area contributed by atoms with E-state index in [1.54, 1.807) is 0 Å². The van der Waals surface area contributed by atoms with E-state index >= 15 is 0 Å². The lowest BCUT2D eigenvalue weighted by atomic mass is 9.96. The summed E-state index contributed by atoms with van der Waals surface area (Å²) >= 11 is 0. The third-order valence-corrected chi connectivity index (χ3v) is 3.79. The average Bonchev–Trinajstić information content (AvgIpc) is 2.52. The summed E-state index contributed by atoms with van der Waals surface area (Å²) in [5.41, 5.74) is 3.88. The van der Waals surface area contributed by atoms with Crippen LogP contribution in [0.25, 0.3) is 0 Å². The van der Waals surface area contributed by atoms with E-state index in [0.29, 0.717) is 12.0 Å². The summed E-state index contributed by atoms with van der Waals surface area (Å²) in [4.78, 5) is 4.46. The molecule has 2 heteroatoms. The van der Waals surface area contributed by atoms with Gasteiger partial charge in [0.2, 0.25) is 0 Å². The zero-order chi connectivity index (χ0) is 15.1. The molecule has 0 aliphatic rings. The lowest BCUT2D eigenvalue weighted by Gasteiger charge is -2.19. The maximum absolute atomic E-state index is 4.46. The van der Waals surface area contributed by atoms with Gasteiger partial charge in [0.25, 0.3) is 0 Å². The molecule has 0 fully saturated rings. The van der Waals surface area contributed by atoms with Crippen LogP contribution in [0.5, 0.6) is 0 Å². The molecule has 0 bridgehead atoms. The van der Waals surface area contributed by atoms with Crippen LogP contribution in [0.2, 0.25) is 0 Å². The fourth-order valence-corrected chi connectivity index (χ4v) is 2.47. The zero-order valence-electron chi connectivity index (χ0n) is 13.3. The molecule has 0 spiro atoms. The van der Waals surface area contributed by atoms with Crippen LogP contribution in [0.3, 0.4) is 0 Å². The molecule has 0 aliphatic heterocycles. The Morgan fingerprint density at radius 2 is 1.71 bits per heavy atom. The van der Waals surface area contributed by atoms with Crippen LogP contribution in [0.15, 0.2) is 48.7 Å². The highest BCUT2D eigenvalue weighted by molar-refractivity contribution is 5.27. The van der Waals surface area contributed by atoms with E-state index in [1.807, 2.05) is 12.3 Å². The van der Waals surface area contributed by atoms with Crippen molar-refractivity contribution in [3.05, 3.63) is 65.5 Å². The standard InChI is InChI=1S/C19H26N2/c1-4-12-21-19(14-18-7-5-6-13-20-18)17-10-8-16(9-11-17)15(2)3/h5-11,13,15,19,21H,4,12,14H2,1-3H3. The Morgan fingerprint density at radius 1 is 1.00 bits per heavy atom.